The number of benzene rings is 2. The highest BCUT2D eigenvalue weighted by molar-refractivity contribution is 6.04. The molecule has 0 aromatic heterocycles. The second-order valence-corrected chi connectivity index (χ2v) is 7.25. The molecule has 1 atom stereocenters. The molecule has 0 saturated carbocycles. The number of para-hydroxylation sites is 2. The molecule has 1 N–H and O–H groups in total. The molecule has 8 nitrogen and oxygen atoms in total. The summed E-state index contributed by atoms with van der Waals surface area (Å²) in [5.74, 6) is 0.450. The van der Waals surface area contributed by atoms with Crippen molar-refractivity contribution in [3.05, 3.63) is 54.1 Å². The van der Waals surface area contributed by atoms with Crippen LogP contribution in [0.4, 0.5) is 10.5 Å². The van der Waals surface area contributed by atoms with Crippen LogP contribution in [0, 0.1) is 0 Å². The lowest BCUT2D eigenvalue weighted by atomic mass is 10.1. The van der Waals surface area contributed by atoms with Gasteiger partial charge in [-0.2, -0.15) is 0 Å². The fourth-order valence-electron chi connectivity index (χ4n) is 3.52. The maximum Gasteiger partial charge on any atom is 0.415 e. The van der Waals surface area contributed by atoms with Crippen molar-refractivity contribution < 1.29 is 23.9 Å². The minimum atomic E-state index is -0.668. The SMILES string of the molecule is C[C@H]1Oc2c(cccc2C(=O)N2CCCN(C(=O)Oc3ccccc3)CC2)NC1=O. The van der Waals surface area contributed by atoms with Crippen LogP contribution in [0.2, 0.25) is 0 Å². The zero-order valence-corrected chi connectivity index (χ0v) is 16.7. The van der Waals surface area contributed by atoms with E-state index in [0.717, 1.165) is 0 Å². The molecule has 1 saturated heterocycles. The average Bonchev–Trinajstić information content (AvgIpc) is 3.01. The van der Waals surface area contributed by atoms with Gasteiger partial charge in [-0.05, 0) is 37.6 Å². The third-order valence-electron chi connectivity index (χ3n) is 5.16. The Bertz CT molecular complexity index is 963. The van der Waals surface area contributed by atoms with Gasteiger partial charge in [-0.25, -0.2) is 4.79 Å². The van der Waals surface area contributed by atoms with Gasteiger partial charge in [0.2, 0.25) is 0 Å². The number of hydrogen-bond acceptors (Lipinski definition) is 5. The summed E-state index contributed by atoms with van der Waals surface area (Å²) in [5, 5.41) is 2.76. The van der Waals surface area contributed by atoms with Crippen molar-refractivity contribution in [3.63, 3.8) is 0 Å². The highest BCUT2D eigenvalue weighted by Crippen LogP contribution is 2.34. The summed E-state index contributed by atoms with van der Waals surface area (Å²) in [6, 6.07) is 14.0. The predicted octanol–water partition coefficient (Wildman–Crippen LogP) is 2.75. The van der Waals surface area contributed by atoms with Crippen LogP contribution in [0.3, 0.4) is 0 Å². The lowest BCUT2D eigenvalue weighted by Crippen LogP contribution is -2.39. The van der Waals surface area contributed by atoms with Crippen LogP contribution in [0.15, 0.2) is 48.5 Å². The van der Waals surface area contributed by atoms with Crippen LogP contribution < -0.4 is 14.8 Å². The van der Waals surface area contributed by atoms with Crippen molar-refractivity contribution in [1.29, 1.82) is 0 Å². The summed E-state index contributed by atoms with van der Waals surface area (Å²) in [5.41, 5.74) is 0.895. The molecule has 2 heterocycles. The van der Waals surface area contributed by atoms with E-state index in [-0.39, 0.29) is 11.8 Å². The number of carbonyl (C=O) groups excluding carboxylic acids is 3. The number of fused-ring (bicyclic) bond motifs is 1. The van der Waals surface area contributed by atoms with Crippen LogP contribution in [0.25, 0.3) is 0 Å². The molecule has 2 aliphatic heterocycles. The Morgan fingerprint density at radius 1 is 1.00 bits per heavy atom. The van der Waals surface area contributed by atoms with E-state index in [1.807, 2.05) is 6.07 Å². The van der Waals surface area contributed by atoms with E-state index in [1.54, 1.807) is 59.2 Å². The van der Waals surface area contributed by atoms with Crippen LogP contribution in [-0.4, -0.2) is 60.0 Å². The number of amides is 3. The molecule has 2 aliphatic rings. The summed E-state index contributed by atoms with van der Waals surface area (Å²) in [7, 11) is 0. The lowest BCUT2D eigenvalue weighted by molar-refractivity contribution is -0.122. The number of rotatable bonds is 2. The molecular weight excluding hydrogens is 386 g/mol. The fourth-order valence-corrected chi connectivity index (χ4v) is 3.52. The third-order valence-corrected chi connectivity index (χ3v) is 5.16. The molecule has 0 spiro atoms. The molecule has 0 aliphatic carbocycles. The maximum absolute atomic E-state index is 13.2. The molecule has 2 aromatic carbocycles. The first-order chi connectivity index (χ1) is 14.5. The van der Waals surface area contributed by atoms with E-state index < -0.39 is 12.2 Å². The number of hydrogen-bond donors (Lipinski definition) is 1. The topological polar surface area (TPSA) is 88.2 Å². The van der Waals surface area contributed by atoms with Gasteiger partial charge in [0.15, 0.2) is 11.9 Å². The van der Waals surface area contributed by atoms with E-state index >= 15 is 0 Å². The van der Waals surface area contributed by atoms with Crippen molar-refractivity contribution in [3.8, 4) is 11.5 Å². The van der Waals surface area contributed by atoms with Crippen LogP contribution in [-0.2, 0) is 4.79 Å². The second-order valence-electron chi connectivity index (χ2n) is 7.25. The first-order valence-corrected chi connectivity index (χ1v) is 9.94. The van der Waals surface area contributed by atoms with Gasteiger partial charge >= 0.3 is 6.09 Å². The molecule has 156 valence electrons. The van der Waals surface area contributed by atoms with E-state index in [4.69, 9.17) is 9.47 Å². The lowest BCUT2D eigenvalue weighted by Gasteiger charge is -2.27. The van der Waals surface area contributed by atoms with Crippen LogP contribution >= 0.6 is 0 Å². The summed E-state index contributed by atoms with van der Waals surface area (Å²) in [6.45, 7) is 3.42. The van der Waals surface area contributed by atoms with Gasteiger partial charge in [0, 0.05) is 26.2 Å². The van der Waals surface area contributed by atoms with Gasteiger partial charge in [0.05, 0.1) is 11.3 Å². The standard InChI is InChI=1S/C22H23N3O5/c1-15-20(26)23-18-10-5-9-17(19(18)29-15)21(27)24-11-6-12-25(14-13-24)22(28)30-16-7-3-2-4-8-16/h2-5,7-10,15H,6,11-14H2,1H3,(H,23,26)/t15-/m1/s1. The Labute approximate surface area is 174 Å². The largest absolute Gasteiger partial charge is 0.478 e. The Hall–Kier alpha value is -3.55. The first-order valence-electron chi connectivity index (χ1n) is 9.94. The molecule has 0 bridgehead atoms. The minimum absolute atomic E-state index is 0.187. The molecule has 2 aromatic rings. The molecule has 1 fully saturated rings. The third kappa shape index (κ3) is 4.07. The predicted molar refractivity (Wildman–Crippen MR) is 110 cm³/mol. The number of nitrogens with zero attached hydrogens (tertiary/aromatic N) is 2. The average molecular weight is 409 g/mol. The van der Waals surface area contributed by atoms with E-state index in [2.05, 4.69) is 5.32 Å². The molecule has 0 radical (unpaired) electrons. The normalized spacial score (nSPS) is 18.6. The Kier molecular flexibility index (Phi) is 5.56. The van der Waals surface area contributed by atoms with E-state index in [0.29, 0.717) is 55.3 Å². The molecule has 8 heteroatoms. The Balaban J connectivity index is 1.44. The smallest absolute Gasteiger partial charge is 0.415 e. The van der Waals surface area contributed by atoms with Gasteiger partial charge in [-0.15, -0.1) is 0 Å². The molecular formula is C22H23N3O5. The van der Waals surface area contributed by atoms with Gasteiger partial charge in [0.1, 0.15) is 5.75 Å². The summed E-state index contributed by atoms with van der Waals surface area (Å²) < 4.78 is 11.1. The Morgan fingerprint density at radius 3 is 2.53 bits per heavy atom. The van der Waals surface area contributed by atoms with Crippen molar-refractivity contribution in [2.75, 3.05) is 31.5 Å². The van der Waals surface area contributed by atoms with Gasteiger partial charge in [0.25, 0.3) is 11.8 Å². The van der Waals surface area contributed by atoms with Crippen LogP contribution in [0.5, 0.6) is 11.5 Å². The zero-order valence-electron chi connectivity index (χ0n) is 16.7. The van der Waals surface area contributed by atoms with Gasteiger partial charge in [-0.3, -0.25) is 9.59 Å². The van der Waals surface area contributed by atoms with Gasteiger partial charge < -0.3 is 24.6 Å². The van der Waals surface area contributed by atoms with E-state index in [9.17, 15) is 14.4 Å². The van der Waals surface area contributed by atoms with Crippen molar-refractivity contribution in [2.24, 2.45) is 0 Å². The molecule has 0 unspecified atom stereocenters. The second kappa shape index (κ2) is 8.44. The molecule has 30 heavy (non-hydrogen) atoms. The first kappa shape index (κ1) is 19.8. The van der Waals surface area contributed by atoms with Gasteiger partial charge in [-0.1, -0.05) is 24.3 Å². The Morgan fingerprint density at radius 2 is 1.73 bits per heavy atom. The number of ether oxygens (including phenoxy) is 2. The summed E-state index contributed by atoms with van der Waals surface area (Å²) in [4.78, 5) is 40.8. The minimum Gasteiger partial charge on any atom is -0.478 e. The fraction of sp³-hybridized carbons (Fsp3) is 0.318. The quantitative estimate of drug-likeness (QED) is 0.824. The van der Waals surface area contributed by atoms with E-state index in [1.165, 1.54) is 0 Å². The van der Waals surface area contributed by atoms with Crippen molar-refractivity contribution in [2.45, 2.75) is 19.4 Å². The molecule has 3 amide bonds. The maximum atomic E-state index is 13.2. The highest BCUT2D eigenvalue weighted by Gasteiger charge is 2.30. The number of nitrogens with one attached hydrogen (secondary N) is 1. The summed E-state index contributed by atoms with van der Waals surface area (Å²) >= 11 is 0. The number of carbonyl (C=O) groups is 3. The van der Waals surface area contributed by atoms with Crippen molar-refractivity contribution in [1.82, 2.24) is 9.80 Å². The summed E-state index contributed by atoms with van der Waals surface area (Å²) in [6.07, 6.45) is -0.454. The highest BCUT2D eigenvalue weighted by atomic mass is 16.6. The van der Waals surface area contributed by atoms with Crippen molar-refractivity contribution >= 4 is 23.6 Å². The number of anilines is 1. The van der Waals surface area contributed by atoms with Crippen LogP contribution in [0.1, 0.15) is 23.7 Å². The monoisotopic (exact) mass is 409 g/mol. The zero-order chi connectivity index (χ0) is 21.1. The molecule has 4 rings (SSSR count).